The summed E-state index contributed by atoms with van der Waals surface area (Å²) in [7, 11) is 3.04. The topological polar surface area (TPSA) is 48.0 Å². The molecular formula is C16H20FNO4. The van der Waals surface area contributed by atoms with Gasteiger partial charge in [0.15, 0.2) is 11.6 Å². The van der Waals surface area contributed by atoms with Crippen LogP contribution >= 0.6 is 0 Å². The Labute approximate surface area is 128 Å². The first kappa shape index (κ1) is 15.2. The van der Waals surface area contributed by atoms with Gasteiger partial charge in [-0.15, -0.1) is 0 Å². The summed E-state index contributed by atoms with van der Waals surface area (Å²) in [5.74, 6) is -0.599. The lowest BCUT2D eigenvalue weighted by Crippen LogP contribution is -2.46. The Balaban J connectivity index is 1.85. The molecule has 0 N–H and O–H groups in total. The Hall–Kier alpha value is -1.66. The van der Waals surface area contributed by atoms with Crippen molar-refractivity contribution in [2.75, 3.05) is 27.4 Å². The van der Waals surface area contributed by atoms with E-state index in [9.17, 15) is 9.18 Å². The van der Waals surface area contributed by atoms with E-state index in [0.29, 0.717) is 18.7 Å². The number of benzene rings is 1. The smallest absolute Gasteiger partial charge is 0.254 e. The molecule has 1 aliphatic heterocycles. The fourth-order valence-electron chi connectivity index (χ4n) is 3.42. The zero-order valence-corrected chi connectivity index (χ0v) is 12.8. The van der Waals surface area contributed by atoms with E-state index in [0.717, 1.165) is 12.8 Å². The molecule has 5 nitrogen and oxygen atoms in total. The Kier molecular flexibility index (Phi) is 4.31. The van der Waals surface area contributed by atoms with E-state index in [1.165, 1.54) is 19.2 Å². The third kappa shape index (κ3) is 2.57. The Morgan fingerprint density at radius 2 is 2.18 bits per heavy atom. The summed E-state index contributed by atoms with van der Waals surface area (Å²) in [5.41, 5.74) is 0.318. The number of halogens is 1. The molecule has 1 heterocycles. The van der Waals surface area contributed by atoms with Gasteiger partial charge in [-0.1, -0.05) is 0 Å². The van der Waals surface area contributed by atoms with Gasteiger partial charge >= 0.3 is 0 Å². The maximum Gasteiger partial charge on any atom is 0.254 e. The van der Waals surface area contributed by atoms with E-state index in [4.69, 9.17) is 14.2 Å². The Bertz CT molecular complexity index is 565. The summed E-state index contributed by atoms with van der Waals surface area (Å²) in [5, 5.41) is 0. The molecule has 1 aliphatic carbocycles. The number of carbonyl (C=O) groups excluding carboxylic acids is 1. The molecule has 0 spiro atoms. The predicted octanol–water partition coefficient (Wildman–Crippen LogP) is 1.85. The lowest BCUT2D eigenvalue weighted by atomic mass is 10.1. The van der Waals surface area contributed by atoms with Gasteiger partial charge in [-0.3, -0.25) is 4.79 Å². The minimum absolute atomic E-state index is 0.0184. The fraction of sp³-hybridized carbons (Fsp3) is 0.562. The number of nitrogens with zero attached hydrogens (tertiary/aromatic N) is 1. The van der Waals surface area contributed by atoms with Crippen molar-refractivity contribution in [3.05, 3.63) is 29.6 Å². The van der Waals surface area contributed by atoms with Crippen LogP contribution in [-0.2, 0) is 9.47 Å². The molecule has 3 unspecified atom stereocenters. The van der Waals surface area contributed by atoms with Crippen molar-refractivity contribution in [2.24, 2.45) is 0 Å². The molecule has 1 aromatic carbocycles. The summed E-state index contributed by atoms with van der Waals surface area (Å²) in [6.07, 6.45) is 1.65. The maximum atomic E-state index is 13.8. The number of carbonyl (C=O) groups is 1. The molecule has 1 aromatic rings. The normalized spacial score (nSPS) is 27.6. The van der Waals surface area contributed by atoms with Crippen LogP contribution in [0.3, 0.4) is 0 Å². The third-order valence-corrected chi connectivity index (χ3v) is 4.49. The molecule has 1 saturated carbocycles. The van der Waals surface area contributed by atoms with E-state index in [-0.39, 0.29) is 29.9 Å². The average molecular weight is 309 g/mol. The highest BCUT2D eigenvalue weighted by Crippen LogP contribution is 2.32. The number of hydrogen-bond donors (Lipinski definition) is 0. The maximum absolute atomic E-state index is 13.8. The number of rotatable bonds is 3. The Morgan fingerprint density at radius 3 is 2.86 bits per heavy atom. The second-order valence-corrected chi connectivity index (χ2v) is 5.60. The van der Waals surface area contributed by atoms with E-state index in [1.807, 2.05) is 0 Å². The van der Waals surface area contributed by atoms with Gasteiger partial charge in [-0.05, 0) is 31.0 Å². The van der Waals surface area contributed by atoms with E-state index in [1.54, 1.807) is 18.1 Å². The van der Waals surface area contributed by atoms with Crippen molar-refractivity contribution in [1.82, 2.24) is 4.90 Å². The minimum Gasteiger partial charge on any atom is -0.494 e. The number of amides is 1. The molecule has 0 radical (unpaired) electrons. The molecule has 22 heavy (non-hydrogen) atoms. The van der Waals surface area contributed by atoms with E-state index in [2.05, 4.69) is 0 Å². The van der Waals surface area contributed by atoms with Crippen LogP contribution in [0, 0.1) is 5.82 Å². The van der Waals surface area contributed by atoms with Crippen molar-refractivity contribution < 1.29 is 23.4 Å². The van der Waals surface area contributed by atoms with Gasteiger partial charge in [0.2, 0.25) is 0 Å². The molecule has 6 heteroatoms. The molecule has 2 aliphatic rings. The third-order valence-electron chi connectivity index (χ3n) is 4.49. The Morgan fingerprint density at radius 1 is 1.36 bits per heavy atom. The summed E-state index contributed by atoms with van der Waals surface area (Å²) in [6.45, 7) is 0.971. The van der Waals surface area contributed by atoms with Gasteiger partial charge < -0.3 is 19.1 Å². The second-order valence-electron chi connectivity index (χ2n) is 5.60. The van der Waals surface area contributed by atoms with Crippen molar-refractivity contribution in [3.63, 3.8) is 0 Å². The highest BCUT2D eigenvalue weighted by molar-refractivity contribution is 5.94. The van der Waals surface area contributed by atoms with Crippen LogP contribution < -0.4 is 4.74 Å². The van der Waals surface area contributed by atoms with Crippen molar-refractivity contribution in [2.45, 2.75) is 31.1 Å². The summed E-state index contributed by atoms with van der Waals surface area (Å²) >= 11 is 0. The van der Waals surface area contributed by atoms with Gasteiger partial charge in [0.25, 0.3) is 5.91 Å². The molecule has 120 valence electrons. The second kappa shape index (κ2) is 6.22. The van der Waals surface area contributed by atoms with Crippen LogP contribution in [0.4, 0.5) is 4.39 Å². The van der Waals surface area contributed by atoms with Crippen molar-refractivity contribution in [1.29, 1.82) is 0 Å². The summed E-state index contributed by atoms with van der Waals surface area (Å²) < 4.78 is 30.0. The molecule has 1 saturated heterocycles. The molecular weight excluding hydrogens is 289 g/mol. The fourth-order valence-corrected chi connectivity index (χ4v) is 3.42. The highest BCUT2D eigenvalue weighted by atomic mass is 19.1. The molecule has 2 fully saturated rings. The van der Waals surface area contributed by atoms with Crippen LogP contribution in [0.15, 0.2) is 18.2 Å². The number of fused-ring (bicyclic) bond motifs is 2. The van der Waals surface area contributed by atoms with Gasteiger partial charge in [-0.2, -0.15) is 0 Å². The predicted molar refractivity (Wildman–Crippen MR) is 77.5 cm³/mol. The highest BCUT2D eigenvalue weighted by Gasteiger charge is 2.44. The van der Waals surface area contributed by atoms with Gasteiger partial charge in [0.05, 0.1) is 25.9 Å². The van der Waals surface area contributed by atoms with Crippen LogP contribution in [0.25, 0.3) is 0 Å². The average Bonchev–Trinajstić information content (AvgIpc) is 2.82. The summed E-state index contributed by atoms with van der Waals surface area (Å²) in [4.78, 5) is 14.5. The number of ether oxygens (including phenoxy) is 3. The first-order valence-electron chi connectivity index (χ1n) is 7.44. The molecule has 3 rings (SSSR count). The zero-order chi connectivity index (χ0) is 15.7. The van der Waals surface area contributed by atoms with Gasteiger partial charge in [0.1, 0.15) is 6.10 Å². The summed E-state index contributed by atoms with van der Waals surface area (Å²) in [6, 6.07) is 4.27. The molecule has 1 amide bonds. The standard InChI is InChI=1S/C16H20FNO4/c1-20-13-5-3-10(9-11(13)17)16(19)18-7-8-22-14-6-4-12(18)15(14)21-2/h3,5,9,12,14-15H,4,6-8H2,1-2H3. The van der Waals surface area contributed by atoms with Crippen LogP contribution in [0.2, 0.25) is 0 Å². The van der Waals surface area contributed by atoms with Crippen LogP contribution in [-0.4, -0.2) is 56.4 Å². The van der Waals surface area contributed by atoms with Crippen molar-refractivity contribution in [3.8, 4) is 5.75 Å². The first-order valence-corrected chi connectivity index (χ1v) is 7.44. The van der Waals surface area contributed by atoms with Crippen LogP contribution in [0.1, 0.15) is 23.2 Å². The molecule has 3 atom stereocenters. The van der Waals surface area contributed by atoms with Gasteiger partial charge in [0, 0.05) is 19.2 Å². The SMILES string of the molecule is COc1ccc(C(=O)N2CCOC3CCC2C3OC)cc1F. The van der Waals surface area contributed by atoms with Crippen molar-refractivity contribution >= 4 is 5.91 Å². The lowest BCUT2D eigenvalue weighted by Gasteiger charge is -2.30. The largest absolute Gasteiger partial charge is 0.494 e. The number of hydrogen-bond acceptors (Lipinski definition) is 4. The minimum atomic E-state index is -0.535. The monoisotopic (exact) mass is 309 g/mol. The molecule has 0 aromatic heterocycles. The first-order chi connectivity index (χ1) is 10.7. The zero-order valence-electron chi connectivity index (χ0n) is 12.8. The van der Waals surface area contributed by atoms with Gasteiger partial charge in [-0.25, -0.2) is 4.39 Å². The van der Waals surface area contributed by atoms with E-state index >= 15 is 0 Å². The lowest BCUT2D eigenvalue weighted by molar-refractivity contribution is -0.0316. The van der Waals surface area contributed by atoms with E-state index < -0.39 is 5.82 Å². The number of methoxy groups -OCH3 is 2. The quantitative estimate of drug-likeness (QED) is 0.855. The molecule has 2 bridgehead atoms. The van der Waals surface area contributed by atoms with Crippen LogP contribution in [0.5, 0.6) is 5.75 Å².